The van der Waals surface area contributed by atoms with Crippen LogP contribution in [0.25, 0.3) is 0 Å². The Balaban J connectivity index is 2.05. The zero-order chi connectivity index (χ0) is 15.1. The predicted molar refractivity (Wildman–Crippen MR) is 84.4 cm³/mol. The number of carbonyl (C=O) groups is 1. The Morgan fingerprint density at radius 3 is 2.57 bits per heavy atom. The summed E-state index contributed by atoms with van der Waals surface area (Å²) in [6, 6.07) is 8.93. The van der Waals surface area contributed by atoms with Gasteiger partial charge in [0.05, 0.1) is 12.6 Å². The maximum Gasteiger partial charge on any atom is 0.410 e. The quantitative estimate of drug-likeness (QED) is 0.799. The van der Waals surface area contributed by atoms with E-state index >= 15 is 0 Å². The van der Waals surface area contributed by atoms with Gasteiger partial charge in [0, 0.05) is 6.54 Å². The van der Waals surface area contributed by atoms with Gasteiger partial charge in [-0.05, 0) is 30.5 Å². The summed E-state index contributed by atoms with van der Waals surface area (Å²) in [5, 5.41) is 3.54. The third-order valence-electron chi connectivity index (χ3n) is 3.81. The standard InChI is InChI=1S/C17H26N2O2/c1-3-5-14-6-8-15(9-7-14)16(18-10-4-2)13-19-11-12-21-17(19)20/h6-9,16,18H,3-5,10-13H2,1-2H3. The van der Waals surface area contributed by atoms with Crippen molar-refractivity contribution >= 4 is 6.09 Å². The van der Waals surface area contributed by atoms with Gasteiger partial charge in [0.15, 0.2) is 0 Å². The molecule has 1 aromatic rings. The fourth-order valence-electron chi connectivity index (χ4n) is 2.62. The van der Waals surface area contributed by atoms with Crippen LogP contribution in [0.1, 0.15) is 43.9 Å². The van der Waals surface area contributed by atoms with Crippen LogP contribution in [0.15, 0.2) is 24.3 Å². The molecule has 1 fully saturated rings. The smallest absolute Gasteiger partial charge is 0.410 e. The normalized spacial score (nSPS) is 16.1. The number of benzene rings is 1. The van der Waals surface area contributed by atoms with Crippen LogP contribution in [0, 0.1) is 0 Å². The predicted octanol–water partition coefficient (Wildman–Crippen LogP) is 3.13. The van der Waals surface area contributed by atoms with Crippen molar-refractivity contribution in [2.24, 2.45) is 0 Å². The summed E-state index contributed by atoms with van der Waals surface area (Å²) in [5.41, 5.74) is 2.61. The van der Waals surface area contributed by atoms with E-state index in [9.17, 15) is 4.79 Å². The summed E-state index contributed by atoms with van der Waals surface area (Å²) in [7, 11) is 0. The number of hydrogen-bond donors (Lipinski definition) is 1. The van der Waals surface area contributed by atoms with Gasteiger partial charge >= 0.3 is 6.09 Å². The van der Waals surface area contributed by atoms with E-state index in [1.54, 1.807) is 4.90 Å². The number of ether oxygens (including phenoxy) is 1. The van der Waals surface area contributed by atoms with E-state index in [-0.39, 0.29) is 12.1 Å². The zero-order valence-corrected chi connectivity index (χ0v) is 13.1. The molecule has 0 aromatic heterocycles. The largest absolute Gasteiger partial charge is 0.448 e. The van der Waals surface area contributed by atoms with E-state index in [0.717, 1.165) is 25.8 Å². The van der Waals surface area contributed by atoms with Crippen LogP contribution >= 0.6 is 0 Å². The molecule has 2 rings (SSSR count). The Morgan fingerprint density at radius 1 is 1.24 bits per heavy atom. The molecule has 1 unspecified atom stereocenters. The minimum Gasteiger partial charge on any atom is -0.448 e. The van der Waals surface area contributed by atoms with Crippen LogP contribution in [0.4, 0.5) is 4.79 Å². The molecular weight excluding hydrogens is 264 g/mol. The number of aryl methyl sites for hydroxylation is 1. The van der Waals surface area contributed by atoms with Crippen molar-refractivity contribution in [1.82, 2.24) is 10.2 Å². The van der Waals surface area contributed by atoms with E-state index < -0.39 is 0 Å². The molecule has 4 heteroatoms. The number of hydrogen-bond acceptors (Lipinski definition) is 3. The lowest BCUT2D eigenvalue weighted by molar-refractivity contribution is 0.155. The first-order valence-corrected chi connectivity index (χ1v) is 7.98. The topological polar surface area (TPSA) is 41.6 Å². The molecule has 0 aliphatic carbocycles. The first kappa shape index (κ1) is 15.8. The molecule has 0 radical (unpaired) electrons. The van der Waals surface area contributed by atoms with Crippen molar-refractivity contribution in [2.45, 2.75) is 39.2 Å². The van der Waals surface area contributed by atoms with Crippen molar-refractivity contribution in [1.29, 1.82) is 0 Å². The minimum absolute atomic E-state index is 0.172. The van der Waals surface area contributed by atoms with Crippen LogP contribution in [0.5, 0.6) is 0 Å². The average molecular weight is 290 g/mol. The van der Waals surface area contributed by atoms with E-state index in [1.807, 2.05) is 0 Å². The van der Waals surface area contributed by atoms with Gasteiger partial charge in [-0.2, -0.15) is 0 Å². The fraction of sp³-hybridized carbons (Fsp3) is 0.588. The Morgan fingerprint density at radius 2 is 2.00 bits per heavy atom. The summed E-state index contributed by atoms with van der Waals surface area (Å²) in [6.45, 7) is 7.17. The molecular formula is C17H26N2O2. The molecule has 116 valence electrons. The lowest BCUT2D eigenvalue weighted by Gasteiger charge is -2.24. The molecule has 1 heterocycles. The molecule has 1 aromatic carbocycles. The van der Waals surface area contributed by atoms with Crippen molar-refractivity contribution in [3.05, 3.63) is 35.4 Å². The first-order valence-electron chi connectivity index (χ1n) is 7.98. The molecule has 1 N–H and O–H groups in total. The maximum atomic E-state index is 11.6. The molecule has 0 saturated carbocycles. The molecule has 1 saturated heterocycles. The Kier molecular flexibility index (Phi) is 6.05. The van der Waals surface area contributed by atoms with Gasteiger partial charge in [0.2, 0.25) is 0 Å². The number of cyclic esters (lactones) is 1. The van der Waals surface area contributed by atoms with Gasteiger partial charge in [-0.3, -0.25) is 0 Å². The monoisotopic (exact) mass is 290 g/mol. The van der Waals surface area contributed by atoms with Crippen LogP contribution in [-0.2, 0) is 11.2 Å². The van der Waals surface area contributed by atoms with Crippen LogP contribution in [0.3, 0.4) is 0 Å². The summed E-state index contributed by atoms with van der Waals surface area (Å²) in [4.78, 5) is 13.4. The third-order valence-corrected chi connectivity index (χ3v) is 3.81. The van der Waals surface area contributed by atoms with Crippen molar-refractivity contribution < 1.29 is 9.53 Å². The zero-order valence-electron chi connectivity index (χ0n) is 13.1. The second-order valence-corrected chi connectivity index (χ2v) is 5.56. The molecule has 1 amide bonds. The molecule has 4 nitrogen and oxygen atoms in total. The van der Waals surface area contributed by atoms with Crippen LogP contribution in [0.2, 0.25) is 0 Å². The van der Waals surface area contributed by atoms with E-state index in [2.05, 4.69) is 43.4 Å². The summed E-state index contributed by atoms with van der Waals surface area (Å²) < 4.78 is 5.02. The lowest BCUT2D eigenvalue weighted by atomic mass is 10.0. The number of carbonyl (C=O) groups excluding carboxylic acids is 1. The van der Waals surface area contributed by atoms with Gasteiger partial charge in [0.25, 0.3) is 0 Å². The second-order valence-electron chi connectivity index (χ2n) is 5.56. The molecule has 21 heavy (non-hydrogen) atoms. The average Bonchev–Trinajstić information content (AvgIpc) is 2.90. The van der Waals surface area contributed by atoms with E-state index in [0.29, 0.717) is 19.7 Å². The number of nitrogens with one attached hydrogen (secondary N) is 1. The Bertz CT molecular complexity index is 445. The highest BCUT2D eigenvalue weighted by Crippen LogP contribution is 2.18. The van der Waals surface area contributed by atoms with Gasteiger partial charge in [0.1, 0.15) is 6.61 Å². The second kappa shape index (κ2) is 8.03. The van der Waals surface area contributed by atoms with Gasteiger partial charge in [-0.15, -0.1) is 0 Å². The summed E-state index contributed by atoms with van der Waals surface area (Å²) in [6.07, 6.45) is 3.16. The minimum atomic E-state index is -0.194. The molecule has 0 bridgehead atoms. The highest BCUT2D eigenvalue weighted by molar-refractivity contribution is 5.69. The Labute approximate surface area is 127 Å². The van der Waals surface area contributed by atoms with Gasteiger partial charge in [-0.25, -0.2) is 4.79 Å². The van der Waals surface area contributed by atoms with E-state index in [4.69, 9.17) is 4.74 Å². The van der Waals surface area contributed by atoms with Gasteiger partial charge in [-0.1, -0.05) is 44.5 Å². The van der Waals surface area contributed by atoms with E-state index in [1.165, 1.54) is 11.1 Å². The van der Waals surface area contributed by atoms with Crippen LogP contribution in [-0.4, -0.2) is 37.2 Å². The molecule has 1 aliphatic rings. The molecule has 0 spiro atoms. The number of nitrogens with zero attached hydrogens (tertiary/aromatic N) is 1. The van der Waals surface area contributed by atoms with Crippen molar-refractivity contribution in [3.8, 4) is 0 Å². The number of amides is 1. The molecule has 1 aliphatic heterocycles. The third kappa shape index (κ3) is 4.46. The van der Waals surface area contributed by atoms with Crippen molar-refractivity contribution in [2.75, 3.05) is 26.2 Å². The fourth-order valence-corrected chi connectivity index (χ4v) is 2.62. The molecule has 1 atom stereocenters. The summed E-state index contributed by atoms with van der Waals surface area (Å²) >= 11 is 0. The van der Waals surface area contributed by atoms with Crippen molar-refractivity contribution in [3.63, 3.8) is 0 Å². The first-order chi connectivity index (χ1) is 10.2. The highest BCUT2D eigenvalue weighted by atomic mass is 16.6. The van der Waals surface area contributed by atoms with Crippen LogP contribution < -0.4 is 5.32 Å². The Hall–Kier alpha value is -1.55. The maximum absolute atomic E-state index is 11.6. The summed E-state index contributed by atoms with van der Waals surface area (Å²) in [5.74, 6) is 0. The SMILES string of the molecule is CCCNC(CN1CCOC1=O)c1ccc(CCC)cc1. The lowest BCUT2D eigenvalue weighted by Crippen LogP contribution is -2.36. The highest BCUT2D eigenvalue weighted by Gasteiger charge is 2.25. The number of rotatable bonds is 8. The van der Waals surface area contributed by atoms with Gasteiger partial charge < -0.3 is 15.0 Å².